The first-order valence-corrected chi connectivity index (χ1v) is 7.84. The summed E-state index contributed by atoms with van der Waals surface area (Å²) in [6.07, 6.45) is 2.56. The molecule has 2 atom stereocenters. The first-order valence-electron chi connectivity index (χ1n) is 7.84. The van der Waals surface area contributed by atoms with E-state index in [4.69, 9.17) is 0 Å². The van der Waals surface area contributed by atoms with Gasteiger partial charge in [-0.1, -0.05) is 31.2 Å². The molecule has 4 nitrogen and oxygen atoms in total. The van der Waals surface area contributed by atoms with E-state index in [0.717, 1.165) is 19.4 Å². The maximum absolute atomic E-state index is 12.5. The molecule has 0 aromatic heterocycles. The third-order valence-electron chi connectivity index (χ3n) is 4.44. The van der Waals surface area contributed by atoms with Crippen molar-refractivity contribution in [2.75, 3.05) is 13.1 Å². The third-order valence-corrected chi connectivity index (χ3v) is 4.44. The van der Waals surface area contributed by atoms with Crippen molar-refractivity contribution in [1.82, 2.24) is 10.2 Å². The number of amides is 2. The lowest BCUT2D eigenvalue weighted by atomic mass is 9.99. The van der Waals surface area contributed by atoms with Crippen LogP contribution in [0.4, 0.5) is 0 Å². The minimum Gasteiger partial charge on any atom is -0.356 e. The maximum Gasteiger partial charge on any atom is 0.226 e. The normalized spacial score (nSPS) is 23.4. The minimum atomic E-state index is -0.0961. The molecule has 2 aliphatic rings. The average molecular weight is 286 g/mol. The summed E-state index contributed by atoms with van der Waals surface area (Å²) in [5.74, 6) is 0.0158. The van der Waals surface area contributed by atoms with Gasteiger partial charge in [-0.05, 0) is 30.4 Å². The third kappa shape index (κ3) is 2.94. The van der Waals surface area contributed by atoms with Crippen molar-refractivity contribution in [2.24, 2.45) is 11.8 Å². The molecule has 0 radical (unpaired) electrons. The van der Waals surface area contributed by atoms with Crippen LogP contribution in [0.1, 0.15) is 30.9 Å². The summed E-state index contributed by atoms with van der Waals surface area (Å²) >= 11 is 0. The maximum atomic E-state index is 12.5. The zero-order valence-corrected chi connectivity index (χ0v) is 12.5. The largest absolute Gasteiger partial charge is 0.356 e. The predicted molar refractivity (Wildman–Crippen MR) is 80.5 cm³/mol. The molecular formula is C17H22N2O2. The van der Waals surface area contributed by atoms with Gasteiger partial charge < -0.3 is 10.2 Å². The van der Waals surface area contributed by atoms with Crippen molar-refractivity contribution in [3.05, 3.63) is 35.4 Å². The summed E-state index contributed by atoms with van der Waals surface area (Å²) in [5, 5.41) is 2.89. The fourth-order valence-electron chi connectivity index (χ4n) is 3.06. The molecule has 0 bridgehead atoms. The molecule has 112 valence electrons. The van der Waals surface area contributed by atoms with Crippen molar-refractivity contribution in [1.29, 1.82) is 0 Å². The monoisotopic (exact) mass is 286 g/mol. The Balaban J connectivity index is 1.57. The second kappa shape index (κ2) is 5.88. The number of nitrogens with zero attached hydrogens (tertiary/aromatic N) is 1. The Morgan fingerprint density at radius 1 is 1.24 bits per heavy atom. The highest BCUT2D eigenvalue weighted by atomic mass is 16.2. The lowest BCUT2D eigenvalue weighted by Gasteiger charge is -2.29. The molecule has 1 aromatic rings. The first kappa shape index (κ1) is 14.1. The molecule has 2 amide bonds. The van der Waals surface area contributed by atoms with Crippen molar-refractivity contribution in [3.63, 3.8) is 0 Å². The molecule has 1 fully saturated rings. The number of hydrogen-bond donors (Lipinski definition) is 1. The van der Waals surface area contributed by atoms with Crippen LogP contribution in [0, 0.1) is 11.8 Å². The van der Waals surface area contributed by atoms with E-state index in [0.29, 0.717) is 19.5 Å². The summed E-state index contributed by atoms with van der Waals surface area (Å²) in [5.41, 5.74) is 2.58. The molecule has 1 aliphatic heterocycles. The Bertz CT molecular complexity index is 555. The molecule has 1 aromatic carbocycles. The topological polar surface area (TPSA) is 49.4 Å². The second-order valence-corrected chi connectivity index (χ2v) is 6.02. The molecule has 1 aliphatic carbocycles. The van der Waals surface area contributed by atoms with E-state index in [2.05, 4.69) is 17.4 Å². The van der Waals surface area contributed by atoms with Gasteiger partial charge in [0, 0.05) is 19.6 Å². The quantitative estimate of drug-likeness (QED) is 0.916. The van der Waals surface area contributed by atoms with Crippen molar-refractivity contribution >= 4 is 11.8 Å². The van der Waals surface area contributed by atoms with Gasteiger partial charge in [-0.15, -0.1) is 0 Å². The van der Waals surface area contributed by atoms with Gasteiger partial charge in [-0.25, -0.2) is 0 Å². The minimum absolute atomic E-state index is 0.0487. The highest BCUT2D eigenvalue weighted by Gasteiger charge is 2.49. The van der Waals surface area contributed by atoms with Crippen LogP contribution < -0.4 is 5.32 Å². The predicted octanol–water partition coefficient (Wildman–Crippen LogP) is 1.73. The van der Waals surface area contributed by atoms with Crippen LogP contribution in [-0.2, 0) is 22.6 Å². The lowest BCUT2D eigenvalue weighted by Crippen LogP contribution is -2.38. The number of nitrogens with one attached hydrogen (secondary N) is 1. The van der Waals surface area contributed by atoms with Gasteiger partial charge in [0.25, 0.3) is 0 Å². The van der Waals surface area contributed by atoms with Crippen LogP contribution in [0.5, 0.6) is 0 Å². The molecule has 4 heteroatoms. The Hall–Kier alpha value is -1.84. The fourth-order valence-corrected chi connectivity index (χ4v) is 3.06. The van der Waals surface area contributed by atoms with Crippen LogP contribution in [0.25, 0.3) is 0 Å². The Morgan fingerprint density at radius 3 is 2.76 bits per heavy atom. The number of carbonyl (C=O) groups is 2. The number of fused-ring (bicyclic) bond motifs is 1. The average Bonchev–Trinajstić information content (AvgIpc) is 3.32. The molecule has 0 spiro atoms. The molecule has 0 saturated heterocycles. The number of hydrogen-bond acceptors (Lipinski definition) is 2. The van der Waals surface area contributed by atoms with E-state index in [1.54, 1.807) is 0 Å². The van der Waals surface area contributed by atoms with Gasteiger partial charge in [0.15, 0.2) is 0 Å². The van der Waals surface area contributed by atoms with Gasteiger partial charge >= 0.3 is 0 Å². The van der Waals surface area contributed by atoms with Gasteiger partial charge in [0.05, 0.1) is 11.8 Å². The Kier molecular flexibility index (Phi) is 3.95. The molecule has 21 heavy (non-hydrogen) atoms. The zero-order valence-electron chi connectivity index (χ0n) is 12.5. The lowest BCUT2D eigenvalue weighted by molar-refractivity contribution is -0.135. The summed E-state index contributed by atoms with van der Waals surface area (Å²) in [6.45, 7) is 4.19. The standard InChI is InChI=1S/C17H22N2O2/c1-2-8-18-16(20)14-10-15(14)17(21)19-9-7-12-5-3-4-6-13(12)11-19/h3-6,14-15H,2,7-11H2,1H3,(H,18,20). The molecule has 1 N–H and O–H groups in total. The van der Waals surface area contributed by atoms with E-state index in [1.807, 2.05) is 24.0 Å². The van der Waals surface area contributed by atoms with E-state index >= 15 is 0 Å². The van der Waals surface area contributed by atoms with Crippen LogP contribution in [-0.4, -0.2) is 29.8 Å². The molecule has 3 rings (SSSR count). The van der Waals surface area contributed by atoms with Gasteiger partial charge in [-0.3, -0.25) is 9.59 Å². The highest BCUT2D eigenvalue weighted by molar-refractivity contribution is 5.92. The first-order chi connectivity index (χ1) is 10.2. The molecule has 1 heterocycles. The van der Waals surface area contributed by atoms with Crippen LogP contribution in [0.2, 0.25) is 0 Å². The number of rotatable bonds is 4. The van der Waals surface area contributed by atoms with Crippen LogP contribution >= 0.6 is 0 Å². The summed E-state index contributed by atoms with van der Waals surface area (Å²) in [6, 6.07) is 8.29. The smallest absolute Gasteiger partial charge is 0.226 e. The van der Waals surface area contributed by atoms with Crippen molar-refractivity contribution in [2.45, 2.75) is 32.7 Å². The number of benzene rings is 1. The summed E-state index contributed by atoms with van der Waals surface area (Å²) < 4.78 is 0. The van der Waals surface area contributed by atoms with Gasteiger partial charge in [0.2, 0.25) is 11.8 Å². The van der Waals surface area contributed by atoms with Crippen molar-refractivity contribution < 1.29 is 9.59 Å². The van der Waals surface area contributed by atoms with Crippen LogP contribution in [0.3, 0.4) is 0 Å². The van der Waals surface area contributed by atoms with Gasteiger partial charge in [-0.2, -0.15) is 0 Å². The zero-order chi connectivity index (χ0) is 14.8. The molecular weight excluding hydrogens is 264 g/mol. The summed E-state index contributed by atoms with van der Waals surface area (Å²) in [4.78, 5) is 26.3. The van der Waals surface area contributed by atoms with E-state index in [-0.39, 0.29) is 23.7 Å². The number of carbonyl (C=O) groups excluding carboxylic acids is 2. The van der Waals surface area contributed by atoms with Crippen LogP contribution in [0.15, 0.2) is 24.3 Å². The Morgan fingerprint density at radius 2 is 2.00 bits per heavy atom. The fraction of sp³-hybridized carbons (Fsp3) is 0.529. The van der Waals surface area contributed by atoms with Gasteiger partial charge in [0.1, 0.15) is 0 Å². The van der Waals surface area contributed by atoms with E-state index in [1.165, 1.54) is 11.1 Å². The SMILES string of the molecule is CCCNC(=O)C1CC1C(=O)N1CCc2ccccc2C1. The molecule has 1 saturated carbocycles. The summed E-state index contributed by atoms with van der Waals surface area (Å²) in [7, 11) is 0. The van der Waals surface area contributed by atoms with E-state index < -0.39 is 0 Å². The Labute approximate surface area is 125 Å². The van der Waals surface area contributed by atoms with Crippen molar-refractivity contribution in [3.8, 4) is 0 Å². The molecule has 2 unspecified atom stereocenters. The highest BCUT2D eigenvalue weighted by Crippen LogP contribution is 2.40. The second-order valence-electron chi connectivity index (χ2n) is 6.02. The van der Waals surface area contributed by atoms with E-state index in [9.17, 15) is 9.59 Å².